The number of thiazole rings is 1. The van der Waals surface area contributed by atoms with Crippen molar-refractivity contribution in [3.05, 3.63) is 41.6 Å². The quantitative estimate of drug-likeness (QED) is 0.713. The van der Waals surface area contributed by atoms with Crippen LogP contribution in [0.2, 0.25) is 0 Å². The molecular formula is C17H19N5OS2. The van der Waals surface area contributed by atoms with Gasteiger partial charge in [0, 0.05) is 35.6 Å². The predicted octanol–water partition coefficient (Wildman–Crippen LogP) is 3.28. The molecule has 0 saturated heterocycles. The van der Waals surface area contributed by atoms with Gasteiger partial charge in [-0.15, -0.1) is 12.6 Å². The molecule has 0 aliphatic heterocycles. The van der Waals surface area contributed by atoms with Crippen LogP contribution in [0.5, 0.6) is 0 Å². The van der Waals surface area contributed by atoms with Gasteiger partial charge < -0.3 is 4.90 Å². The molecule has 0 saturated carbocycles. The molecule has 3 aromatic rings. The number of nitrogens with zero attached hydrogens (tertiary/aromatic N) is 5. The minimum atomic E-state index is -0.0524. The third-order valence-electron chi connectivity index (χ3n) is 3.99. The van der Waals surface area contributed by atoms with Crippen LogP contribution < -0.4 is 4.90 Å². The molecular weight excluding hydrogens is 354 g/mol. The Labute approximate surface area is 155 Å². The second-order valence-electron chi connectivity index (χ2n) is 5.78. The second-order valence-corrected chi connectivity index (χ2v) is 7.21. The topological polar surface area (TPSA) is 63.9 Å². The molecule has 0 spiro atoms. The summed E-state index contributed by atoms with van der Waals surface area (Å²) in [6.07, 6.45) is 3.50. The minimum absolute atomic E-state index is 0.0524. The first kappa shape index (κ1) is 17.6. The van der Waals surface area contributed by atoms with Crippen molar-refractivity contribution < 1.29 is 4.79 Å². The molecule has 0 unspecified atom stereocenters. The van der Waals surface area contributed by atoms with Crippen molar-refractivity contribution in [2.24, 2.45) is 0 Å². The average molecular weight is 374 g/mol. The highest BCUT2D eigenvalue weighted by Crippen LogP contribution is 2.33. The minimum Gasteiger partial charge on any atom is -0.304 e. The van der Waals surface area contributed by atoms with Crippen molar-refractivity contribution >= 4 is 34.9 Å². The fraction of sp³-hybridized carbons (Fsp3) is 0.294. The van der Waals surface area contributed by atoms with Crippen LogP contribution >= 0.6 is 24.0 Å². The summed E-state index contributed by atoms with van der Waals surface area (Å²) in [5.74, 6) is -0.0524. The molecule has 0 N–H and O–H groups in total. The van der Waals surface area contributed by atoms with Gasteiger partial charge in [0.1, 0.15) is 16.6 Å². The van der Waals surface area contributed by atoms with Crippen molar-refractivity contribution in [1.29, 1.82) is 0 Å². The summed E-state index contributed by atoms with van der Waals surface area (Å²) in [7, 11) is 1.77. The molecule has 0 aliphatic rings. The van der Waals surface area contributed by atoms with E-state index in [1.54, 1.807) is 29.0 Å². The van der Waals surface area contributed by atoms with Crippen molar-refractivity contribution in [2.45, 2.75) is 32.2 Å². The van der Waals surface area contributed by atoms with E-state index < -0.39 is 0 Å². The van der Waals surface area contributed by atoms with Gasteiger partial charge in [0.15, 0.2) is 0 Å². The standard InChI is InChI=1S/C17H19N5OS2/c1-10-15(24)12(3)22(20-10)9-14(23)21(4)17-11(2)19-16(25-17)13-6-5-7-18-8-13/h5-8,24H,9H2,1-4H3. The molecule has 6 nitrogen and oxygen atoms in total. The molecule has 0 bridgehead atoms. The van der Waals surface area contributed by atoms with Crippen molar-refractivity contribution in [1.82, 2.24) is 19.7 Å². The van der Waals surface area contributed by atoms with Crippen molar-refractivity contribution in [2.75, 3.05) is 11.9 Å². The van der Waals surface area contributed by atoms with Crippen LogP contribution in [0.15, 0.2) is 29.4 Å². The maximum absolute atomic E-state index is 12.7. The predicted molar refractivity (Wildman–Crippen MR) is 102 cm³/mol. The highest BCUT2D eigenvalue weighted by atomic mass is 32.1. The van der Waals surface area contributed by atoms with E-state index in [-0.39, 0.29) is 12.5 Å². The van der Waals surface area contributed by atoms with E-state index in [1.807, 2.05) is 32.9 Å². The van der Waals surface area contributed by atoms with Crippen molar-refractivity contribution in [3.63, 3.8) is 0 Å². The Morgan fingerprint density at radius 1 is 1.32 bits per heavy atom. The fourth-order valence-electron chi connectivity index (χ4n) is 2.50. The lowest BCUT2D eigenvalue weighted by Crippen LogP contribution is -2.30. The Kier molecular flexibility index (Phi) is 4.91. The monoisotopic (exact) mass is 373 g/mol. The van der Waals surface area contributed by atoms with Crippen LogP contribution in [-0.4, -0.2) is 32.7 Å². The summed E-state index contributed by atoms with van der Waals surface area (Å²) in [6.45, 7) is 5.87. The summed E-state index contributed by atoms with van der Waals surface area (Å²) >= 11 is 5.90. The van der Waals surface area contributed by atoms with Crippen LogP contribution in [0.4, 0.5) is 5.00 Å². The van der Waals surface area contributed by atoms with Gasteiger partial charge >= 0.3 is 0 Å². The maximum Gasteiger partial charge on any atom is 0.249 e. The van der Waals surface area contributed by atoms with E-state index in [4.69, 9.17) is 0 Å². The largest absolute Gasteiger partial charge is 0.304 e. The number of hydrogen-bond donors (Lipinski definition) is 1. The molecule has 3 aromatic heterocycles. The number of aryl methyl sites for hydroxylation is 2. The number of likely N-dealkylation sites (N-methyl/N-ethyl adjacent to an activating group) is 1. The number of hydrogen-bond acceptors (Lipinski definition) is 6. The number of amides is 1. The molecule has 0 aromatic carbocycles. The van der Waals surface area contributed by atoms with Crippen LogP contribution in [0.3, 0.4) is 0 Å². The number of rotatable bonds is 4. The van der Waals surface area contributed by atoms with Crippen LogP contribution in [-0.2, 0) is 11.3 Å². The average Bonchev–Trinajstić information content (AvgIpc) is 3.11. The lowest BCUT2D eigenvalue weighted by molar-refractivity contribution is -0.119. The Morgan fingerprint density at radius 2 is 2.08 bits per heavy atom. The lowest BCUT2D eigenvalue weighted by atomic mass is 10.3. The summed E-state index contributed by atoms with van der Waals surface area (Å²) in [4.78, 5) is 23.9. The summed E-state index contributed by atoms with van der Waals surface area (Å²) in [6, 6.07) is 3.83. The maximum atomic E-state index is 12.7. The number of aromatic nitrogens is 4. The number of thiol groups is 1. The molecule has 0 radical (unpaired) electrons. The number of anilines is 1. The van der Waals surface area contributed by atoms with Gasteiger partial charge in [0.05, 0.1) is 11.4 Å². The Balaban J connectivity index is 1.83. The molecule has 25 heavy (non-hydrogen) atoms. The Morgan fingerprint density at radius 3 is 2.68 bits per heavy atom. The van der Waals surface area contributed by atoms with Gasteiger partial charge in [-0.25, -0.2) is 4.98 Å². The van der Waals surface area contributed by atoms with Gasteiger partial charge in [-0.1, -0.05) is 11.3 Å². The lowest BCUT2D eigenvalue weighted by Gasteiger charge is -2.16. The summed E-state index contributed by atoms with van der Waals surface area (Å²) in [5, 5.41) is 6.05. The highest BCUT2D eigenvalue weighted by molar-refractivity contribution is 7.80. The Hall–Kier alpha value is -2.19. The van der Waals surface area contributed by atoms with Crippen LogP contribution in [0.25, 0.3) is 10.6 Å². The fourth-order valence-corrected chi connectivity index (χ4v) is 3.70. The zero-order valence-electron chi connectivity index (χ0n) is 14.5. The normalized spacial score (nSPS) is 10.9. The molecule has 3 heterocycles. The number of carbonyl (C=O) groups excluding carboxylic acids is 1. The molecule has 0 aliphatic carbocycles. The second kappa shape index (κ2) is 6.97. The third-order valence-corrected chi connectivity index (χ3v) is 5.92. The van der Waals surface area contributed by atoms with Gasteiger partial charge in [-0.3, -0.25) is 14.5 Å². The zero-order valence-corrected chi connectivity index (χ0v) is 16.2. The molecule has 8 heteroatoms. The Bertz CT molecular complexity index is 917. The SMILES string of the molecule is Cc1nc(-c2cccnc2)sc1N(C)C(=O)Cn1nc(C)c(S)c1C. The van der Waals surface area contributed by atoms with Gasteiger partial charge in [-0.2, -0.15) is 5.10 Å². The molecule has 1 amide bonds. The highest BCUT2D eigenvalue weighted by Gasteiger charge is 2.20. The number of carbonyl (C=O) groups is 1. The van der Waals surface area contributed by atoms with E-state index in [9.17, 15) is 4.79 Å². The van der Waals surface area contributed by atoms with Crippen molar-refractivity contribution in [3.8, 4) is 10.6 Å². The van der Waals surface area contributed by atoms with E-state index >= 15 is 0 Å². The van der Waals surface area contributed by atoms with Gasteiger partial charge in [0.25, 0.3) is 0 Å². The first-order chi connectivity index (χ1) is 11.9. The molecule has 0 fully saturated rings. The molecule has 130 valence electrons. The van der Waals surface area contributed by atoms with E-state index in [1.165, 1.54) is 11.3 Å². The number of pyridine rings is 1. The molecule has 3 rings (SSSR count). The first-order valence-corrected chi connectivity index (χ1v) is 9.02. The van der Waals surface area contributed by atoms with E-state index in [0.29, 0.717) is 0 Å². The van der Waals surface area contributed by atoms with Crippen LogP contribution in [0, 0.1) is 20.8 Å². The first-order valence-electron chi connectivity index (χ1n) is 7.76. The summed E-state index contributed by atoms with van der Waals surface area (Å²) < 4.78 is 1.69. The molecule has 0 atom stereocenters. The van der Waals surface area contributed by atoms with E-state index in [2.05, 4.69) is 27.7 Å². The van der Waals surface area contributed by atoms with Gasteiger partial charge in [0.2, 0.25) is 5.91 Å². The van der Waals surface area contributed by atoms with E-state index in [0.717, 1.165) is 37.5 Å². The zero-order chi connectivity index (χ0) is 18.1. The summed E-state index contributed by atoms with van der Waals surface area (Å²) in [5.41, 5.74) is 3.48. The third kappa shape index (κ3) is 3.45. The van der Waals surface area contributed by atoms with Gasteiger partial charge in [-0.05, 0) is 32.9 Å². The smallest absolute Gasteiger partial charge is 0.249 e. The van der Waals surface area contributed by atoms with Crippen LogP contribution in [0.1, 0.15) is 17.1 Å².